The molecule has 1 N–H and O–H groups in total. The van der Waals surface area contributed by atoms with Crippen LogP contribution in [0.3, 0.4) is 0 Å². The minimum atomic E-state index is -2.40. The Morgan fingerprint density at radius 1 is 1.55 bits per heavy atom. The third kappa shape index (κ3) is 3.12. The predicted octanol–water partition coefficient (Wildman–Crippen LogP) is 1.27. The highest BCUT2D eigenvalue weighted by Crippen LogP contribution is 2.14. The summed E-state index contributed by atoms with van der Waals surface area (Å²) in [5.74, 6) is 0. The third-order valence-electron chi connectivity index (χ3n) is 1.66. The van der Waals surface area contributed by atoms with Crippen molar-refractivity contribution in [1.82, 2.24) is 5.32 Å². The van der Waals surface area contributed by atoms with Crippen LogP contribution in [-0.2, 0) is 4.74 Å². The standard InChI is InChI=1S/C7H15F2NO/c1-4-11-5-7(2,10-3)6(8)9/h6,10H,4-5H2,1-3H3. The number of ether oxygens (including phenoxy) is 1. The molecule has 0 aromatic heterocycles. The number of hydrogen-bond acceptors (Lipinski definition) is 2. The van der Waals surface area contributed by atoms with Crippen LogP contribution in [-0.4, -0.2) is 32.2 Å². The van der Waals surface area contributed by atoms with Crippen molar-refractivity contribution in [3.63, 3.8) is 0 Å². The number of nitrogens with one attached hydrogen (secondary N) is 1. The predicted molar refractivity (Wildman–Crippen MR) is 40.0 cm³/mol. The Morgan fingerprint density at radius 2 is 2.09 bits per heavy atom. The monoisotopic (exact) mass is 167 g/mol. The Bertz CT molecular complexity index is 111. The van der Waals surface area contributed by atoms with Gasteiger partial charge in [-0.05, 0) is 20.9 Å². The maximum atomic E-state index is 12.3. The first-order chi connectivity index (χ1) is 5.06. The smallest absolute Gasteiger partial charge is 0.258 e. The molecule has 1 atom stereocenters. The van der Waals surface area contributed by atoms with E-state index in [1.807, 2.05) is 0 Å². The van der Waals surface area contributed by atoms with Crippen LogP contribution in [0.1, 0.15) is 13.8 Å². The third-order valence-corrected chi connectivity index (χ3v) is 1.66. The van der Waals surface area contributed by atoms with Crippen molar-refractivity contribution in [1.29, 1.82) is 0 Å². The van der Waals surface area contributed by atoms with E-state index in [4.69, 9.17) is 4.74 Å². The average Bonchev–Trinajstić information content (AvgIpc) is 2.00. The summed E-state index contributed by atoms with van der Waals surface area (Å²) in [5.41, 5.74) is -1.21. The van der Waals surface area contributed by atoms with Gasteiger partial charge in [-0.15, -0.1) is 0 Å². The summed E-state index contributed by atoms with van der Waals surface area (Å²) in [6.45, 7) is 3.72. The molecule has 0 aliphatic carbocycles. The Kier molecular flexibility index (Phi) is 4.52. The quantitative estimate of drug-likeness (QED) is 0.665. The second kappa shape index (κ2) is 4.62. The second-order valence-corrected chi connectivity index (χ2v) is 2.61. The van der Waals surface area contributed by atoms with Crippen molar-refractivity contribution in [2.24, 2.45) is 0 Å². The van der Waals surface area contributed by atoms with Crippen LogP contribution in [0.4, 0.5) is 8.78 Å². The molecule has 0 heterocycles. The van der Waals surface area contributed by atoms with Gasteiger partial charge < -0.3 is 10.1 Å². The van der Waals surface area contributed by atoms with E-state index in [0.717, 1.165) is 0 Å². The number of alkyl halides is 2. The molecule has 0 rings (SSSR count). The average molecular weight is 167 g/mol. The molecular formula is C7H15F2NO. The van der Waals surface area contributed by atoms with Crippen molar-refractivity contribution < 1.29 is 13.5 Å². The van der Waals surface area contributed by atoms with E-state index < -0.39 is 12.0 Å². The summed E-state index contributed by atoms with van der Waals surface area (Å²) in [7, 11) is 1.51. The van der Waals surface area contributed by atoms with E-state index >= 15 is 0 Å². The van der Waals surface area contributed by atoms with Crippen LogP contribution in [0, 0.1) is 0 Å². The number of likely N-dealkylation sites (N-methyl/N-ethyl adjacent to an activating group) is 1. The van der Waals surface area contributed by atoms with Gasteiger partial charge in [0.25, 0.3) is 6.43 Å². The Labute approximate surface area is 65.9 Å². The van der Waals surface area contributed by atoms with E-state index in [-0.39, 0.29) is 6.61 Å². The van der Waals surface area contributed by atoms with Crippen LogP contribution >= 0.6 is 0 Å². The van der Waals surface area contributed by atoms with E-state index in [1.165, 1.54) is 14.0 Å². The number of hydrogen-bond donors (Lipinski definition) is 1. The Hall–Kier alpha value is -0.220. The lowest BCUT2D eigenvalue weighted by Gasteiger charge is -2.27. The Balaban J connectivity index is 3.88. The first-order valence-electron chi connectivity index (χ1n) is 3.61. The summed E-state index contributed by atoms with van der Waals surface area (Å²) >= 11 is 0. The molecule has 0 fully saturated rings. The lowest BCUT2D eigenvalue weighted by Crippen LogP contribution is -2.50. The van der Waals surface area contributed by atoms with Crippen molar-refractivity contribution >= 4 is 0 Å². The van der Waals surface area contributed by atoms with Crippen LogP contribution in [0.5, 0.6) is 0 Å². The van der Waals surface area contributed by atoms with Crippen molar-refractivity contribution in [2.75, 3.05) is 20.3 Å². The molecule has 0 aliphatic heterocycles. The molecule has 0 aromatic rings. The molecule has 0 saturated heterocycles. The van der Waals surface area contributed by atoms with Gasteiger partial charge in [-0.2, -0.15) is 0 Å². The number of rotatable bonds is 5. The molecule has 2 nitrogen and oxygen atoms in total. The van der Waals surface area contributed by atoms with Gasteiger partial charge in [-0.25, -0.2) is 8.78 Å². The maximum absolute atomic E-state index is 12.3. The fourth-order valence-electron chi connectivity index (χ4n) is 0.558. The first-order valence-corrected chi connectivity index (χ1v) is 3.61. The van der Waals surface area contributed by atoms with Crippen molar-refractivity contribution in [3.8, 4) is 0 Å². The van der Waals surface area contributed by atoms with Gasteiger partial charge in [-0.1, -0.05) is 0 Å². The first kappa shape index (κ1) is 10.8. The normalized spacial score (nSPS) is 16.9. The molecular weight excluding hydrogens is 152 g/mol. The molecule has 0 spiro atoms. The van der Waals surface area contributed by atoms with Gasteiger partial charge in [0.1, 0.15) is 5.54 Å². The van der Waals surface area contributed by atoms with Gasteiger partial charge in [0, 0.05) is 6.61 Å². The molecule has 1 unspecified atom stereocenters. The zero-order valence-electron chi connectivity index (χ0n) is 7.16. The molecule has 68 valence electrons. The minimum absolute atomic E-state index is 0.0394. The van der Waals surface area contributed by atoms with Crippen LogP contribution in [0.25, 0.3) is 0 Å². The van der Waals surface area contributed by atoms with E-state index in [0.29, 0.717) is 6.61 Å². The zero-order chi connectivity index (χ0) is 8.91. The summed E-state index contributed by atoms with van der Waals surface area (Å²) in [6, 6.07) is 0. The fraction of sp³-hybridized carbons (Fsp3) is 1.00. The van der Waals surface area contributed by atoms with Crippen molar-refractivity contribution in [3.05, 3.63) is 0 Å². The molecule has 0 aliphatic rings. The van der Waals surface area contributed by atoms with Gasteiger partial charge in [0.2, 0.25) is 0 Å². The highest BCUT2D eigenvalue weighted by Gasteiger charge is 2.33. The second-order valence-electron chi connectivity index (χ2n) is 2.61. The fourth-order valence-corrected chi connectivity index (χ4v) is 0.558. The van der Waals surface area contributed by atoms with Crippen LogP contribution in [0.2, 0.25) is 0 Å². The summed E-state index contributed by atoms with van der Waals surface area (Å²) in [5, 5.41) is 2.54. The lowest BCUT2D eigenvalue weighted by molar-refractivity contribution is -0.0151. The molecule has 4 heteroatoms. The van der Waals surface area contributed by atoms with Gasteiger partial charge in [0.05, 0.1) is 6.61 Å². The molecule has 0 amide bonds. The van der Waals surface area contributed by atoms with Gasteiger partial charge in [-0.3, -0.25) is 0 Å². The topological polar surface area (TPSA) is 21.3 Å². The highest BCUT2D eigenvalue weighted by atomic mass is 19.3. The Morgan fingerprint density at radius 3 is 2.36 bits per heavy atom. The summed E-state index contributed by atoms with van der Waals surface area (Å²) in [4.78, 5) is 0. The molecule has 0 radical (unpaired) electrons. The van der Waals surface area contributed by atoms with Crippen LogP contribution in [0.15, 0.2) is 0 Å². The molecule has 0 saturated carbocycles. The number of halogens is 2. The van der Waals surface area contributed by atoms with Gasteiger partial charge >= 0.3 is 0 Å². The molecule has 0 aromatic carbocycles. The SMILES string of the molecule is CCOCC(C)(NC)C(F)F. The lowest BCUT2D eigenvalue weighted by atomic mass is 10.1. The van der Waals surface area contributed by atoms with E-state index in [1.54, 1.807) is 6.92 Å². The maximum Gasteiger partial charge on any atom is 0.258 e. The summed E-state index contributed by atoms with van der Waals surface area (Å²) in [6.07, 6.45) is -2.40. The zero-order valence-corrected chi connectivity index (χ0v) is 7.16. The minimum Gasteiger partial charge on any atom is -0.380 e. The van der Waals surface area contributed by atoms with Crippen LogP contribution < -0.4 is 5.32 Å². The van der Waals surface area contributed by atoms with E-state index in [9.17, 15) is 8.78 Å². The summed E-state index contributed by atoms with van der Waals surface area (Å²) < 4.78 is 29.4. The van der Waals surface area contributed by atoms with Gasteiger partial charge in [0.15, 0.2) is 0 Å². The largest absolute Gasteiger partial charge is 0.380 e. The molecule has 0 bridgehead atoms. The highest BCUT2D eigenvalue weighted by molar-refractivity contribution is 4.83. The van der Waals surface area contributed by atoms with E-state index in [2.05, 4.69) is 5.32 Å². The molecule has 11 heavy (non-hydrogen) atoms. The van der Waals surface area contributed by atoms with Crippen molar-refractivity contribution in [2.45, 2.75) is 25.8 Å².